The van der Waals surface area contributed by atoms with E-state index >= 15 is 0 Å². The SMILES string of the molecule is CC.Cc1ccc(C2=NC(CCl)ON2)cc1. The number of nitrogens with one attached hydrogen (secondary N) is 1. The lowest BCUT2D eigenvalue weighted by atomic mass is 10.1. The molecule has 1 aromatic rings. The van der Waals surface area contributed by atoms with E-state index in [4.69, 9.17) is 16.4 Å². The van der Waals surface area contributed by atoms with Crippen LogP contribution in [0.3, 0.4) is 0 Å². The van der Waals surface area contributed by atoms with E-state index in [2.05, 4.69) is 10.5 Å². The smallest absolute Gasteiger partial charge is 0.190 e. The van der Waals surface area contributed by atoms with E-state index < -0.39 is 0 Å². The maximum absolute atomic E-state index is 5.61. The molecule has 88 valence electrons. The summed E-state index contributed by atoms with van der Waals surface area (Å²) in [4.78, 5) is 9.37. The van der Waals surface area contributed by atoms with Crippen LogP contribution < -0.4 is 5.48 Å². The summed E-state index contributed by atoms with van der Waals surface area (Å²) in [6.07, 6.45) is -0.270. The lowest BCUT2D eigenvalue weighted by molar-refractivity contribution is 0.0525. The highest BCUT2D eigenvalue weighted by Crippen LogP contribution is 2.10. The average Bonchev–Trinajstić information content (AvgIpc) is 2.81. The first-order chi connectivity index (χ1) is 7.79. The molecule has 0 amide bonds. The van der Waals surface area contributed by atoms with Crippen LogP contribution in [0.2, 0.25) is 0 Å². The highest BCUT2D eigenvalue weighted by atomic mass is 35.5. The maximum atomic E-state index is 5.61. The van der Waals surface area contributed by atoms with Crippen LogP contribution in [0.25, 0.3) is 0 Å². The number of aryl methyl sites for hydroxylation is 1. The lowest BCUT2D eigenvalue weighted by Gasteiger charge is -2.00. The molecule has 1 heterocycles. The predicted molar refractivity (Wildman–Crippen MR) is 67.8 cm³/mol. The number of amidine groups is 1. The van der Waals surface area contributed by atoms with Gasteiger partial charge in [0.05, 0.1) is 5.88 Å². The van der Waals surface area contributed by atoms with Crippen molar-refractivity contribution >= 4 is 17.4 Å². The number of benzene rings is 1. The molecule has 0 radical (unpaired) electrons. The van der Waals surface area contributed by atoms with Crippen LogP contribution in [0.1, 0.15) is 25.0 Å². The summed E-state index contributed by atoms with van der Waals surface area (Å²) >= 11 is 5.61. The third-order valence-corrected chi connectivity index (χ3v) is 2.29. The quantitative estimate of drug-likeness (QED) is 0.807. The Kier molecular flexibility index (Phi) is 5.29. The van der Waals surface area contributed by atoms with Gasteiger partial charge in [-0.2, -0.15) is 0 Å². The number of hydrogen-bond acceptors (Lipinski definition) is 3. The van der Waals surface area contributed by atoms with Gasteiger partial charge in [0.1, 0.15) is 0 Å². The molecule has 4 heteroatoms. The molecular formula is C12H17ClN2O. The fraction of sp³-hybridized carbons (Fsp3) is 0.417. The zero-order valence-corrected chi connectivity index (χ0v) is 10.6. The minimum atomic E-state index is -0.270. The second kappa shape index (κ2) is 6.51. The maximum Gasteiger partial charge on any atom is 0.190 e. The number of alkyl halides is 1. The molecule has 1 aliphatic heterocycles. The van der Waals surface area contributed by atoms with Gasteiger partial charge in [0.2, 0.25) is 0 Å². The Morgan fingerprint density at radius 3 is 2.44 bits per heavy atom. The van der Waals surface area contributed by atoms with Gasteiger partial charge >= 0.3 is 0 Å². The second-order valence-corrected chi connectivity index (χ2v) is 3.48. The monoisotopic (exact) mass is 240 g/mol. The predicted octanol–water partition coefficient (Wildman–Crippen LogP) is 2.87. The highest BCUT2D eigenvalue weighted by Gasteiger charge is 2.17. The summed E-state index contributed by atoms with van der Waals surface area (Å²) in [5.41, 5.74) is 5.00. The van der Waals surface area contributed by atoms with E-state index in [1.165, 1.54) is 5.56 Å². The first-order valence-electron chi connectivity index (χ1n) is 5.42. The van der Waals surface area contributed by atoms with Crippen LogP contribution in [0.4, 0.5) is 0 Å². The van der Waals surface area contributed by atoms with Crippen molar-refractivity contribution in [3.05, 3.63) is 35.4 Å². The number of rotatable bonds is 2. The van der Waals surface area contributed by atoms with Crippen LogP contribution >= 0.6 is 11.6 Å². The Bertz CT molecular complexity index is 349. The average molecular weight is 241 g/mol. The van der Waals surface area contributed by atoms with Gasteiger partial charge in [-0.15, -0.1) is 11.6 Å². The molecule has 0 bridgehead atoms. The van der Waals surface area contributed by atoms with Gasteiger partial charge in [0.15, 0.2) is 12.1 Å². The highest BCUT2D eigenvalue weighted by molar-refractivity contribution is 6.18. The van der Waals surface area contributed by atoms with Crippen molar-refractivity contribution in [3.63, 3.8) is 0 Å². The molecule has 2 rings (SSSR count). The van der Waals surface area contributed by atoms with Crippen LogP contribution in [-0.4, -0.2) is 17.9 Å². The van der Waals surface area contributed by atoms with Crippen molar-refractivity contribution in [1.29, 1.82) is 0 Å². The summed E-state index contributed by atoms with van der Waals surface area (Å²) in [6.45, 7) is 6.05. The van der Waals surface area contributed by atoms with Crippen molar-refractivity contribution in [2.24, 2.45) is 4.99 Å². The number of halogens is 1. The summed E-state index contributed by atoms with van der Waals surface area (Å²) in [5.74, 6) is 1.11. The molecule has 0 aliphatic carbocycles. The van der Waals surface area contributed by atoms with Crippen LogP contribution in [0, 0.1) is 6.92 Å². The number of hydroxylamine groups is 1. The minimum Gasteiger partial charge on any atom is -0.246 e. The molecule has 1 aliphatic rings. The third kappa shape index (κ3) is 3.22. The van der Waals surface area contributed by atoms with Gasteiger partial charge in [-0.05, 0) is 6.92 Å². The molecule has 0 fully saturated rings. The Hall–Kier alpha value is -1.06. The standard InChI is InChI=1S/C10H11ClN2O.C2H6/c1-7-2-4-8(5-3-7)10-12-9(6-11)14-13-10;1-2/h2-5,9H,6H2,1H3,(H,12,13);1-2H3. The summed E-state index contributed by atoms with van der Waals surface area (Å²) in [5, 5.41) is 0. The fourth-order valence-corrected chi connectivity index (χ4v) is 1.36. The van der Waals surface area contributed by atoms with E-state index in [1.807, 2.05) is 45.0 Å². The molecule has 1 atom stereocenters. The minimum absolute atomic E-state index is 0.270. The van der Waals surface area contributed by atoms with Gasteiger partial charge in [0.25, 0.3) is 0 Å². The van der Waals surface area contributed by atoms with Gasteiger partial charge in [-0.25, -0.2) is 15.3 Å². The Morgan fingerprint density at radius 1 is 1.31 bits per heavy atom. The van der Waals surface area contributed by atoms with Crippen molar-refractivity contribution < 1.29 is 4.84 Å². The summed E-state index contributed by atoms with van der Waals surface area (Å²) < 4.78 is 0. The number of nitrogens with zero attached hydrogens (tertiary/aromatic N) is 1. The van der Waals surface area contributed by atoms with Gasteiger partial charge in [-0.3, -0.25) is 0 Å². The molecule has 0 saturated heterocycles. The van der Waals surface area contributed by atoms with E-state index in [0.29, 0.717) is 5.88 Å². The van der Waals surface area contributed by atoms with Crippen molar-refractivity contribution in [2.75, 3.05) is 5.88 Å². The molecule has 1 unspecified atom stereocenters. The molecular weight excluding hydrogens is 224 g/mol. The van der Waals surface area contributed by atoms with E-state index in [1.54, 1.807) is 0 Å². The number of aliphatic imine (C=N–C) groups is 1. The van der Waals surface area contributed by atoms with Crippen molar-refractivity contribution in [1.82, 2.24) is 5.48 Å². The summed E-state index contributed by atoms with van der Waals surface area (Å²) in [7, 11) is 0. The van der Waals surface area contributed by atoms with Crippen LogP contribution in [-0.2, 0) is 4.84 Å². The molecule has 0 aromatic heterocycles. The summed E-state index contributed by atoms with van der Waals surface area (Å²) in [6, 6.07) is 8.07. The van der Waals surface area contributed by atoms with Crippen LogP contribution in [0.15, 0.2) is 29.3 Å². The molecule has 16 heavy (non-hydrogen) atoms. The molecule has 1 aromatic carbocycles. The van der Waals surface area contributed by atoms with E-state index in [-0.39, 0.29) is 6.23 Å². The van der Waals surface area contributed by atoms with Gasteiger partial charge in [0, 0.05) is 5.56 Å². The number of hydrogen-bond donors (Lipinski definition) is 1. The van der Waals surface area contributed by atoms with Gasteiger partial charge < -0.3 is 0 Å². The van der Waals surface area contributed by atoms with Crippen LogP contribution in [0.5, 0.6) is 0 Å². The molecule has 0 spiro atoms. The Balaban J connectivity index is 0.000000606. The topological polar surface area (TPSA) is 33.6 Å². The molecule has 1 N–H and O–H groups in total. The van der Waals surface area contributed by atoms with Crippen molar-refractivity contribution in [2.45, 2.75) is 27.0 Å². The second-order valence-electron chi connectivity index (χ2n) is 3.17. The Morgan fingerprint density at radius 2 is 1.94 bits per heavy atom. The molecule has 3 nitrogen and oxygen atoms in total. The first kappa shape index (κ1) is 13.0. The van der Waals surface area contributed by atoms with E-state index in [0.717, 1.165) is 11.4 Å². The van der Waals surface area contributed by atoms with E-state index in [9.17, 15) is 0 Å². The zero-order valence-electron chi connectivity index (χ0n) is 9.83. The van der Waals surface area contributed by atoms with Gasteiger partial charge in [-0.1, -0.05) is 43.7 Å². The largest absolute Gasteiger partial charge is 0.246 e. The Labute approximate surface area is 101 Å². The lowest BCUT2D eigenvalue weighted by Crippen LogP contribution is -2.19. The fourth-order valence-electron chi connectivity index (χ4n) is 1.23. The normalized spacial score (nSPS) is 18.2. The zero-order chi connectivity index (χ0) is 12.0. The first-order valence-corrected chi connectivity index (χ1v) is 5.95. The van der Waals surface area contributed by atoms with Crippen molar-refractivity contribution in [3.8, 4) is 0 Å². The third-order valence-electron chi connectivity index (χ3n) is 2.02. The molecule has 0 saturated carbocycles.